The van der Waals surface area contributed by atoms with Crippen LogP contribution in [0.3, 0.4) is 0 Å². The van der Waals surface area contributed by atoms with Crippen molar-refractivity contribution in [3.63, 3.8) is 0 Å². The molecule has 1 aliphatic heterocycles. The molecule has 0 aromatic carbocycles. The monoisotopic (exact) mass is 178 g/mol. The Morgan fingerprint density at radius 3 is 2.64 bits per heavy atom. The molecular formula is C7H14O3S. The van der Waals surface area contributed by atoms with E-state index in [1.54, 1.807) is 0 Å². The average molecular weight is 178 g/mol. The van der Waals surface area contributed by atoms with Crippen LogP contribution in [-0.2, 0) is 14.6 Å². The lowest BCUT2D eigenvalue weighted by Gasteiger charge is -1.98. The van der Waals surface area contributed by atoms with Gasteiger partial charge in [0.25, 0.3) is 0 Å². The van der Waals surface area contributed by atoms with E-state index >= 15 is 0 Å². The molecule has 0 aromatic heterocycles. The highest BCUT2D eigenvalue weighted by atomic mass is 32.2. The minimum atomic E-state index is -2.81. The van der Waals surface area contributed by atoms with Gasteiger partial charge in [-0.05, 0) is 6.42 Å². The lowest BCUT2D eigenvalue weighted by Crippen LogP contribution is -2.14. The van der Waals surface area contributed by atoms with Crippen molar-refractivity contribution >= 4 is 9.84 Å². The number of ether oxygens (including phenoxy) is 1. The second-order valence-corrected chi connectivity index (χ2v) is 5.15. The summed E-state index contributed by atoms with van der Waals surface area (Å²) < 4.78 is 27.2. The van der Waals surface area contributed by atoms with E-state index in [2.05, 4.69) is 0 Å². The van der Waals surface area contributed by atoms with Gasteiger partial charge >= 0.3 is 0 Å². The van der Waals surface area contributed by atoms with Crippen molar-refractivity contribution in [2.24, 2.45) is 0 Å². The van der Waals surface area contributed by atoms with Crippen LogP contribution in [0.5, 0.6) is 0 Å². The Morgan fingerprint density at radius 2 is 2.18 bits per heavy atom. The largest absolute Gasteiger partial charge is 0.372 e. The van der Waals surface area contributed by atoms with Crippen LogP contribution in [0.2, 0.25) is 0 Å². The van der Waals surface area contributed by atoms with Gasteiger partial charge in [-0.3, -0.25) is 0 Å². The molecule has 11 heavy (non-hydrogen) atoms. The first-order valence-electron chi connectivity index (χ1n) is 3.96. The molecule has 1 heterocycles. The fraction of sp³-hybridized carbons (Fsp3) is 1.00. The van der Waals surface area contributed by atoms with Crippen molar-refractivity contribution in [3.8, 4) is 0 Å². The molecule has 1 aliphatic rings. The van der Waals surface area contributed by atoms with Gasteiger partial charge < -0.3 is 4.74 Å². The molecule has 4 heteroatoms. The van der Waals surface area contributed by atoms with Gasteiger partial charge in [-0.1, -0.05) is 13.3 Å². The Balaban J connectivity index is 2.26. The first kappa shape index (κ1) is 9.00. The van der Waals surface area contributed by atoms with Gasteiger partial charge in [0.1, 0.15) is 0 Å². The maximum Gasteiger partial charge on any atom is 0.152 e. The minimum absolute atomic E-state index is 0.0110. The first-order chi connectivity index (χ1) is 5.14. The number of hydrogen-bond acceptors (Lipinski definition) is 3. The molecule has 1 rings (SSSR count). The summed E-state index contributed by atoms with van der Waals surface area (Å²) in [6.45, 7) is 2.62. The molecule has 0 spiro atoms. The zero-order chi connectivity index (χ0) is 8.32. The number of unbranched alkanes of at least 4 members (excludes halogenated alkanes) is 1. The number of rotatable bonds is 5. The van der Waals surface area contributed by atoms with E-state index in [-0.39, 0.29) is 11.9 Å². The van der Waals surface area contributed by atoms with Crippen molar-refractivity contribution in [1.29, 1.82) is 0 Å². The van der Waals surface area contributed by atoms with Gasteiger partial charge in [0.05, 0.1) is 24.2 Å². The van der Waals surface area contributed by atoms with Gasteiger partial charge in [0, 0.05) is 0 Å². The van der Waals surface area contributed by atoms with E-state index < -0.39 is 9.84 Å². The number of hydrogen-bond donors (Lipinski definition) is 0. The van der Waals surface area contributed by atoms with E-state index in [0.717, 1.165) is 12.8 Å². The van der Waals surface area contributed by atoms with Crippen LogP contribution in [0.4, 0.5) is 0 Å². The number of sulfone groups is 1. The van der Waals surface area contributed by atoms with Crippen LogP contribution in [0.1, 0.15) is 19.8 Å². The van der Waals surface area contributed by atoms with E-state index in [4.69, 9.17) is 4.74 Å². The van der Waals surface area contributed by atoms with Crippen LogP contribution in [0.25, 0.3) is 0 Å². The van der Waals surface area contributed by atoms with Crippen LogP contribution < -0.4 is 0 Å². The Morgan fingerprint density at radius 1 is 1.55 bits per heavy atom. The molecule has 0 saturated carbocycles. The van der Waals surface area contributed by atoms with E-state index in [0.29, 0.717) is 12.4 Å². The molecule has 0 bridgehead atoms. The first-order valence-corrected chi connectivity index (χ1v) is 5.78. The van der Waals surface area contributed by atoms with Crippen molar-refractivity contribution in [3.05, 3.63) is 0 Å². The Kier molecular flexibility index (Phi) is 2.90. The Bertz CT molecular complexity index is 204. The molecule has 1 atom stereocenters. The summed E-state index contributed by atoms with van der Waals surface area (Å²) >= 11 is 0. The normalized spacial score (nSPS) is 23.5. The summed E-state index contributed by atoms with van der Waals surface area (Å²) in [5.74, 6) is 0.552. The molecule has 1 fully saturated rings. The molecule has 3 nitrogen and oxygen atoms in total. The predicted molar refractivity (Wildman–Crippen MR) is 43.3 cm³/mol. The van der Waals surface area contributed by atoms with Gasteiger partial charge in [-0.15, -0.1) is 0 Å². The standard InChI is InChI=1S/C7H14O3S/c1-2-3-4-11(8,9)6-7-5-10-7/h7H,2-6H2,1H3. The van der Waals surface area contributed by atoms with E-state index in [1.165, 1.54) is 0 Å². The molecule has 0 N–H and O–H groups in total. The van der Waals surface area contributed by atoms with Crippen molar-refractivity contribution in [2.45, 2.75) is 25.9 Å². The highest BCUT2D eigenvalue weighted by molar-refractivity contribution is 7.91. The molecular weight excluding hydrogens is 164 g/mol. The van der Waals surface area contributed by atoms with Gasteiger partial charge in [0.15, 0.2) is 9.84 Å². The molecule has 0 radical (unpaired) electrons. The third-order valence-electron chi connectivity index (χ3n) is 1.65. The molecule has 0 aromatic rings. The number of epoxide rings is 1. The van der Waals surface area contributed by atoms with Crippen molar-refractivity contribution < 1.29 is 13.2 Å². The summed E-state index contributed by atoms with van der Waals surface area (Å²) in [6.07, 6.45) is 1.72. The second kappa shape index (κ2) is 3.54. The summed E-state index contributed by atoms with van der Waals surface area (Å²) in [5.41, 5.74) is 0. The molecule has 0 aliphatic carbocycles. The Labute approximate surface area is 67.7 Å². The third kappa shape index (κ3) is 3.72. The zero-order valence-electron chi connectivity index (χ0n) is 6.75. The van der Waals surface area contributed by atoms with Crippen LogP contribution in [0, 0.1) is 0 Å². The fourth-order valence-electron chi connectivity index (χ4n) is 0.895. The average Bonchev–Trinajstić information content (AvgIpc) is 2.67. The summed E-state index contributed by atoms with van der Waals surface area (Å²) in [6, 6.07) is 0. The predicted octanol–water partition coefficient (Wildman–Crippen LogP) is 0.600. The van der Waals surface area contributed by atoms with Crippen LogP contribution in [-0.4, -0.2) is 32.6 Å². The van der Waals surface area contributed by atoms with Crippen LogP contribution >= 0.6 is 0 Å². The summed E-state index contributed by atoms with van der Waals surface area (Å²) in [5, 5.41) is 0. The second-order valence-electron chi connectivity index (χ2n) is 2.92. The van der Waals surface area contributed by atoms with Crippen molar-refractivity contribution in [1.82, 2.24) is 0 Å². The van der Waals surface area contributed by atoms with Gasteiger partial charge in [-0.25, -0.2) is 8.42 Å². The topological polar surface area (TPSA) is 46.7 Å². The SMILES string of the molecule is CCCCS(=O)(=O)CC1CO1. The maximum atomic E-state index is 11.2. The van der Waals surface area contributed by atoms with E-state index in [9.17, 15) is 8.42 Å². The minimum Gasteiger partial charge on any atom is -0.372 e. The quantitative estimate of drug-likeness (QED) is 0.579. The lowest BCUT2D eigenvalue weighted by molar-refractivity contribution is 0.422. The fourth-order valence-corrected chi connectivity index (χ4v) is 2.55. The van der Waals surface area contributed by atoms with Crippen LogP contribution in [0.15, 0.2) is 0 Å². The Hall–Kier alpha value is -0.0900. The third-order valence-corrected chi connectivity index (χ3v) is 3.44. The molecule has 1 saturated heterocycles. The zero-order valence-corrected chi connectivity index (χ0v) is 7.56. The highest BCUT2D eigenvalue weighted by Gasteiger charge is 2.28. The van der Waals surface area contributed by atoms with Gasteiger partial charge in [-0.2, -0.15) is 0 Å². The smallest absolute Gasteiger partial charge is 0.152 e. The maximum absolute atomic E-state index is 11.2. The van der Waals surface area contributed by atoms with Crippen molar-refractivity contribution in [2.75, 3.05) is 18.1 Å². The molecule has 1 unspecified atom stereocenters. The summed E-state index contributed by atoms with van der Waals surface area (Å²) in [4.78, 5) is 0. The van der Waals surface area contributed by atoms with Gasteiger partial charge in [0.2, 0.25) is 0 Å². The molecule has 0 amide bonds. The highest BCUT2D eigenvalue weighted by Crippen LogP contribution is 2.12. The molecule has 66 valence electrons. The van der Waals surface area contributed by atoms with E-state index in [1.807, 2.05) is 6.92 Å². The lowest BCUT2D eigenvalue weighted by atomic mass is 10.4. The summed E-state index contributed by atoms with van der Waals surface area (Å²) in [7, 11) is -2.81.